The minimum atomic E-state index is 0.170. The van der Waals surface area contributed by atoms with Crippen LogP contribution in [0.3, 0.4) is 0 Å². The molecule has 3 nitrogen and oxygen atoms in total. The molecular weight excluding hydrogens is 194 g/mol. The van der Waals surface area contributed by atoms with Gasteiger partial charge in [0.1, 0.15) is 0 Å². The van der Waals surface area contributed by atoms with Gasteiger partial charge in [-0.1, -0.05) is 0 Å². The molecule has 0 aliphatic carbocycles. The van der Waals surface area contributed by atoms with E-state index in [0.717, 1.165) is 19.5 Å². The van der Waals surface area contributed by atoms with Gasteiger partial charge in [0, 0.05) is 36.6 Å². The van der Waals surface area contributed by atoms with E-state index in [1.165, 1.54) is 5.01 Å². The highest BCUT2D eigenvalue weighted by Gasteiger charge is 2.12. The van der Waals surface area contributed by atoms with Crippen LogP contribution < -0.4 is 10.6 Å². The Bertz CT molecular complexity index is 244. The Labute approximate surface area is 89.9 Å². The SMILES string of the molecule is CNC(C)(C)CNCCc1nccs1. The van der Waals surface area contributed by atoms with Gasteiger partial charge < -0.3 is 10.6 Å². The second-order valence-electron chi connectivity index (χ2n) is 3.99. The van der Waals surface area contributed by atoms with Gasteiger partial charge in [0.15, 0.2) is 0 Å². The Morgan fingerprint density at radius 1 is 1.50 bits per heavy atom. The predicted octanol–water partition coefficient (Wildman–Crippen LogP) is 1.27. The number of nitrogens with zero attached hydrogens (tertiary/aromatic N) is 1. The number of rotatable bonds is 6. The summed E-state index contributed by atoms with van der Waals surface area (Å²) in [5.41, 5.74) is 0.170. The third-order valence-electron chi connectivity index (χ3n) is 2.24. The standard InChI is InChI=1S/C10H19N3S/c1-10(2,11-3)8-12-5-4-9-13-6-7-14-9/h6-7,11-12H,4-5,8H2,1-3H3. The number of hydrogen-bond acceptors (Lipinski definition) is 4. The van der Waals surface area contributed by atoms with Crippen LogP contribution in [0.5, 0.6) is 0 Å². The number of aromatic nitrogens is 1. The summed E-state index contributed by atoms with van der Waals surface area (Å²) in [6, 6.07) is 0. The molecule has 0 aromatic carbocycles. The van der Waals surface area contributed by atoms with Gasteiger partial charge in [0.2, 0.25) is 0 Å². The second kappa shape index (κ2) is 5.44. The lowest BCUT2D eigenvalue weighted by atomic mass is 10.1. The van der Waals surface area contributed by atoms with Crippen molar-refractivity contribution in [3.63, 3.8) is 0 Å². The fourth-order valence-corrected chi connectivity index (χ4v) is 1.68. The van der Waals surface area contributed by atoms with Crippen molar-refractivity contribution in [1.29, 1.82) is 0 Å². The maximum absolute atomic E-state index is 4.23. The summed E-state index contributed by atoms with van der Waals surface area (Å²) in [6.07, 6.45) is 2.88. The maximum atomic E-state index is 4.23. The third kappa shape index (κ3) is 4.17. The van der Waals surface area contributed by atoms with Gasteiger partial charge in [-0.15, -0.1) is 11.3 Å². The Morgan fingerprint density at radius 2 is 2.29 bits per heavy atom. The molecule has 0 aliphatic rings. The van der Waals surface area contributed by atoms with Gasteiger partial charge in [-0.25, -0.2) is 4.98 Å². The van der Waals surface area contributed by atoms with Gasteiger partial charge in [0.05, 0.1) is 5.01 Å². The minimum absolute atomic E-state index is 0.170. The molecule has 0 bridgehead atoms. The van der Waals surface area contributed by atoms with Crippen molar-refractivity contribution < 1.29 is 0 Å². The number of thiazole rings is 1. The molecule has 0 amide bonds. The fraction of sp³-hybridized carbons (Fsp3) is 0.700. The van der Waals surface area contributed by atoms with Crippen LogP contribution in [0, 0.1) is 0 Å². The average molecular weight is 213 g/mol. The molecule has 0 radical (unpaired) electrons. The van der Waals surface area contributed by atoms with Crippen LogP contribution in [0.2, 0.25) is 0 Å². The summed E-state index contributed by atoms with van der Waals surface area (Å²) in [5.74, 6) is 0. The quantitative estimate of drug-likeness (QED) is 0.699. The van der Waals surface area contributed by atoms with Crippen molar-refractivity contribution in [1.82, 2.24) is 15.6 Å². The topological polar surface area (TPSA) is 37.0 Å². The second-order valence-corrected chi connectivity index (χ2v) is 4.97. The molecule has 4 heteroatoms. The average Bonchev–Trinajstić information content (AvgIpc) is 2.65. The summed E-state index contributed by atoms with van der Waals surface area (Å²) < 4.78 is 0. The van der Waals surface area contributed by atoms with Gasteiger partial charge in [-0.05, 0) is 20.9 Å². The smallest absolute Gasteiger partial charge is 0.0937 e. The van der Waals surface area contributed by atoms with E-state index in [2.05, 4.69) is 29.5 Å². The van der Waals surface area contributed by atoms with E-state index in [0.29, 0.717) is 0 Å². The lowest BCUT2D eigenvalue weighted by Crippen LogP contribution is -2.46. The Balaban J connectivity index is 2.11. The van der Waals surface area contributed by atoms with Crippen molar-refractivity contribution in [3.8, 4) is 0 Å². The predicted molar refractivity (Wildman–Crippen MR) is 61.8 cm³/mol. The highest BCUT2D eigenvalue weighted by atomic mass is 32.1. The van der Waals surface area contributed by atoms with Gasteiger partial charge in [-0.3, -0.25) is 0 Å². The van der Waals surface area contributed by atoms with Crippen LogP contribution in [0.4, 0.5) is 0 Å². The molecule has 0 unspecified atom stereocenters. The van der Waals surface area contributed by atoms with Crippen LogP contribution in [0.15, 0.2) is 11.6 Å². The summed E-state index contributed by atoms with van der Waals surface area (Å²) in [4.78, 5) is 4.23. The molecule has 0 saturated heterocycles. The molecule has 1 aromatic rings. The largest absolute Gasteiger partial charge is 0.315 e. The summed E-state index contributed by atoms with van der Waals surface area (Å²) in [6.45, 7) is 6.35. The Kier molecular flexibility index (Phi) is 4.51. The lowest BCUT2D eigenvalue weighted by molar-refractivity contribution is 0.395. The first-order valence-electron chi connectivity index (χ1n) is 4.92. The molecule has 0 atom stereocenters. The summed E-state index contributed by atoms with van der Waals surface area (Å²) in [7, 11) is 1.99. The molecule has 0 saturated carbocycles. The van der Waals surface area contributed by atoms with Gasteiger partial charge in [-0.2, -0.15) is 0 Å². The molecule has 80 valence electrons. The zero-order valence-corrected chi connectivity index (χ0v) is 9.95. The zero-order chi connectivity index (χ0) is 10.4. The van der Waals surface area contributed by atoms with E-state index in [1.54, 1.807) is 11.3 Å². The van der Waals surface area contributed by atoms with Crippen molar-refractivity contribution in [2.24, 2.45) is 0 Å². The summed E-state index contributed by atoms with van der Waals surface area (Å²) in [5, 5.41) is 9.91. The van der Waals surface area contributed by atoms with E-state index < -0.39 is 0 Å². The van der Waals surface area contributed by atoms with Crippen molar-refractivity contribution in [2.75, 3.05) is 20.1 Å². The molecule has 0 spiro atoms. The Morgan fingerprint density at radius 3 is 2.86 bits per heavy atom. The van der Waals surface area contributed by atoms with Crippen LogP contribution >= 0.6 is 11.3 Å². The molecule has 14 heavy (non-hydrogen) atoms. The van der Waals surface area contributed by atoms with Crippen LogP contribution in [0.1, 0.15) is 18.9 Å². The number of nitrogens with one attached hydrogen (secondary N) is 2. The van der Waals surface area contributed by atoms with Crippen molar-refractivity contribution >= 4 is 11.3 Å². The lowest BCUT2D eigenvalue weighted by Gasteiger charge is -2.24. The maximum Gasteiger partial charge on any atom is 0.0937 e. The highest BCUT2D eigenvalue weighted by molar-refractivity contribution is 7.09. The zero-order valence-electron chi connectivity index (χ0n) is 9.13. The van der Waals surface area contributed by atoms with E-state index in [1.807, 2.05) is 18.6 Å². The normalized spacial score (nSPS) is 11.9. The van der Waals surface area contributed by atoms with E-state index in [9.17, 15) is 0 Å². The van der Waals surface area contributed by atoms with E-state index >= 15 is 0 Å². The third-order valence-corrected chi connectivity index (χ3v) is 3.08. The summed E-state index contributed by atoms with van der Waals surface area (Å²) >= 11 is 1.72. The molecule has 0 fully saturated rings. The van der Waals surface area contributed by atoms with Crippen LogP contribution in [-0.4, -0.2) is 30.7 Å². The number of hydrogen-bond donors (Lipinski definition) is 2. The number of likely N-dealkylation sites (N-methyl/N-ethyl adjacent to an activating group) is 1. The first-order valence-corrected chi connectivity index (χ1v) is 5.80. The van der Waals surface area contributed by atoms with Crippen molar-refractivity contribution in [3.05, 3.63) is 16.6 Å². The molecule has 1 aromatic heterocycles. The van der Waals surface area contributed by atoms with E-state index in [-0.39, 0.29) is 5.54 Å². The van der Waals surface area contributed by atoms with Crippen LogP contribution in [0.25, 0.3) is 0 Å². The molecular formula is C10H19N3S. The minimum Gasteiger partial charge on any atom is -0.315 e. The van der Waals surface area contributed by atoms with Gasteiger partial charge in [0.25, 0.3) is 0 Å². The van der Waals surface area contributed by atoms with Gasteiger partial charge >= 0.3 is 0 Å². The van der Waals surface area contributed by atoms with Crippen LogP contribution in [-0.2, 0) is 6.42 Å². The first kappa shape index (κ1) is 11.6. The fourth-order valence-electron chi connectivity index (χ4n) is 1.06. The molecule has 2 N–H and O–H groups in total. The molecule has 0 aliphatic heterocycles. The van der Waals surface area contributed by atoms with Crippen molar-refractivity contribution in [2.45, 2.75) is 25.8 Å². The highest BCUT2D eigenvalue weighted by Crippen LogP contribution is 2.04. The monoisotopic (exact) mass is 213 g/mol. The Hall–Kier alpha value is -0.450. The first-order chi connectivity index (χ1) is 6.64. The molecule has 1 heterocycles. The molecule has 1 rings (SSSR count). The van der Waals surface area contributed by atoms with E-state index in [4.69, 9.17) is 0 Å².